The van der Waals surface area contributed by atoms with Crippen LogP contribution < -0.4 is 5.32 Å². The van der Waals surface area contributed by atoms with E-state index in [1.165, 1.54) is 7.11 Å². The van der Waals surface area contributed by atoms with Gasteiger partial charge in [0.1, 0.15) is 6.61 Å². The Labute approximate surface area is 163 Å². The van der Waals surface area contributed by atoms with Crippen LogP contribution in [-0.4, -0.2) is 39.1 Å². The normalized spacial score (nSPS) is 23.7. The third-order valence-corrected chi connectivity index (χ3v) is 4.60. The Hall–Kier alpha value is -2.56. The molecule has 3 aliphatic rings. The van der Waals surface area contributed by atoms with Gasteiger partial charge < -0.3 is 14.2 Å². The zero-order chi connectivity index (χ0) is 19.2. The molecule has 0 aromatic heterocycles. The van der Waals surface area contributed by atoms with Crippen molar-refractivity contribution in [2.24, 2.45) is 0 Å². The van der Waals surface area contributed by atoms with Crippen molar-refractivity contribution in [2.75, 3.05) is 20.8 Å². The van der Waals surface area contributed by atoms with Gasteiger partial charge in [-0.3, -0.25) is 5.32 Å². The first-order valence-corrected chi connectivity index (χ1v) is 8.80. The first-order chi connectivity index (χ1) is 13.1. The quantitative estimate of drug-likeness (QED) is 0.581. The van der Waals surface area contributed by atoms with Crippen molar-refractivity contribution in [2.45, 2.75) is 12.3 Å². The van der Waals surface area contributed by atoms with E-state index in [2.05, 4.69) is 11.0 Å². The van der Waals surface area contributed by atoms with Crippen LogP contribution in [0.1, 0.15) is 0 Å². The fourth-order valence-electron chi connectivity index (χ4n) is 2.82. The highest BCUT2D eigenvalue weighted by Gasteiger charge is 2.33. The summed E-state index contributed by atoms with van der Waals surface area (Å²) in [5.41, 5.74) is 5.11. The zero-order valence-corrected chi connectivity index (χ0v) is 15.8. The van der Waals surface area contributed by atoms with Crippen molar-refractivity contribution in [1.82, 2.24) is 5.32 Å². The van der Waals surface area contributed by atoms with E-state index < -0.39 is 12.2 Å². The lowest BCUT2D eigenvalue weighted by Crippen LogP contribution is -2.45. The molecule has 1 aliphatic heterocycles. The summed E-state index contributed by atoms with van der Waals surface area (Å²) < 4.78 is 16.3. The lowest BCUT2D eigenvalue weighted by atomic mass is 10.00. The average molecular weight is 386 g/mol. The number of fused-ring (bicyclic) bond motifs is 1. The van der Waals surface area contributed by atoms with E-state index in [-0.39, 0.29) is 6.04 Å². The minimum atomic E-state index is -0.509. The molecule has 0 saturated heterocycles. The number of esters is 1. The Bertz CT molecular complexity index is 867. The number of carbonyl (C=O) groups excluding carboxylic acids is 1. The number of halogens is 1. The van der Waals surface area contributed by atoms with Crippen LogP contribution in [0.25, 0.3) is 0 Å². The molecule has 2 unspecified atom stereocenters. The summed E-state index contributed by atoms with van der Waals surface area (Å²) >= 11 is 6.65. The standard InChI is InChI=1S/C21H20ClNO4/c1-25-20-19(27-13-14-8-5-3-4-6-9-14)18(22)16-12-15(21(24)26-2)10-7-11-17(16)23-20/h3-5,7-12,17,20,23H,13H2,1-2H3. The van der Waals surface area contributed by atoms with Crippen LogP contribution in [0.5, 0.6) is 0 Å². The number of ether oxygens (including phenoxy) is 3. The van der Waals surface area contributed by atoms with Gasteiger partial charge in [0.2, 0.25) is 0 Å². The van der Waals surface area contributed by atoms with Crippen molar-refractivity contribution in [3.63, 3.8) is 0 Å². The molecule has 0 aromatic carbocycles. The van der Waals surface area contributed by atoms with Gasteiger partial charge in [-0.25, -0.2) is 4.79 Å². The first kappa shape index (κ1) is 19.2. The van der Waals surface area contributed by atoms with Crippen molar-refractivity contribution in [3.8, 4) is 0 Å². The monoisotopic (exact) mass is 385 g/mol. The summed E-state index contributed by atoms with van der Waals surface area (Å²) in [5, 5.41) is 3.72. The van der Waals surface area contributed by atoms with Crippen LogP contribution in [-0.2, 0) is 19.0 Å². The molecule has 0 fully saturated rings. The number of allylic oxidation sites excluding steroid dienone is 5. The third-order valence-electron chi connectivity index (χ3n) is 4.20. The number of hydrogen-bond donors (Lipinski definition) is 1. The van der Waals surface area contributed by atoms with Gasteiger partial charge in [-0.15, -0.1) is 5.73 Å². The molecule has 6 heteroatoms. The van der Waals surface area contributed by atoms with Gasteiger partial charge in [0.15, 0.2) is 12.0 Å². The number of nitrogens with one attached hydrogen (secondary N) is 1. The van der Waals surface area contributed by atoms with Gasteiger partial charge in [-0.1, -0.05) is 42.0 Å². The Morgan fingerprint density at radius 2 is 2.11 bits per heavy atom. The van der Waals surface area contributed by atoms with Crippen LogP contribution in [0.4, 0.5) is 0 Å². The molecule has 0 amide bonds. The highest BCUT2D eigenvalue weighted by Crippen LogP contribution is 2.33. The molecule has 0 saturated carbocycles. The second-order valence-corrected chi connectivity index (χ2v) is 6.31. The van der Waals surface area contributed by atoms with Crippen LogP contribution in [0, 0.1) is 0 Å². The molecular weight excluding hydrogens is 366 g/mol. The molecule has 1 N–H and O–H groups in total. The lowest BCUT2D eigenvalue weighted by molar-refractivity contribution is -0.135. The second-order valence-electron chi connectivity index (χ2n) is 5.93. The maximum absolute atomic E-state index is 11.9. The Balaban J connectivity index is 1.91. The van der Waals surface area contributed by atoms with E-state index in [0.29, 0.717) is 23.0 Å². The van der Waals surface area contributed by atoms with Gasteiger partial charge in [0.25, 0.3) is 0 Å². The number of hydrogen-bond acceptors (Lipinski definition) is 5. The highest BCUT2D eigenvalue weighted by molar-refractivity contribution is 6.32. The van der Waals surface area contributed by atoms with Crippen molar-refractivity contribution in [1.29, 1.82) is 0 Å². The minimum absolute atomic E-state index is 0.212. The van der Waals surface area contributed by atoms with Crippen molar-refractivity contribution < 1.29 is 19.0 Å². The maximum Gasteiger partial charge on any atom is 0.337 e. The SMILES string of the molecule is COC(=O)C1=CC=CC2NC(OC)C(OCC3=CC=CC=C=C3)=C(Cl)C2=C1. The molecule has 140 valence electrons. The molecule has 2 aliphatic carbocycles. The molecule has 0 radical (unpaired) electrons. The number of carbonyl (C=O) groups is 1. The predicted octanol–water partition coefficient (Wildman–Crippen LogP) is 3.20. The maximum atomic E-state index is 11.9. The van der Waals surface area contributed by atoms with Gasteiger partial charge in [0.05, 0.1) is 23.8 Å². The molecule has 3 rings (SSSR count). The average Bonchev–Trinajstić information content (AvgIpc) is 3.07. The third kappa shape index (κ3) is 4.41. The summed E-state index contributed by atoms with van der Waals surface area (Å²) in [4.78, 5) is 11.9. The Morgan fingerprint density at radius 3 is 2.89 bits per heavy atom. The Morgan fingerprint density at radius 1 is 1.26 bits per heavy atom. The van der Waals surface area contributed by atoms with Crippen LogP contribution in [0.15, 0.2) is 87.9 Å². The predicted molar refractivity (Wildman–Crippen MR) is 104 cm³/mol. The van der Waals surface area contributed by atoms with Crippen molar-refractivity contribution >= 4 is 17.6 Å². The van der Waals surface area contributed by atoms with Gasteiger partial charge >= 0.3 is 5.97 Å². The van der Waals surface area contributed by atoms with Crippen molar-refractivity contribution in [3.05, 3.63) is 87.9 Å². The summed E-state index contributed by atoms with van der Waals surface area (Å²) in [7, 11) is 2.92. The van der Waals surface area contributed by atoms with Crippen LogP contribution >= 0.6 is 11.6 Å². The molecular formula is C21H20ClNO4. The summed E-state index contributed by atoms with van der Waals surface area (Å²) in [6.45, 7) is 0.311. The van der Waals surface area contributed by atoms with E-state index in [1.54, 1.807) is 25.3 Å². The number of rotatable bonds is 5. The topological polar surface area (TPSA) is 56.8 Å². The van der Waals surface area contributed by atoms with E-state index in [0.717, 1.165) is 11.1 Å². The van der Waals surface area contributed by atoms with Crippen LogP contribution in [0.3, 0.4) is 0 Å². The summed E-state index contributed by atoms with van der Waals surface area (Å²) in [6.07, 6.45) is 16.0. The van der Waals surface area contributed by atoms with E-state index in [1.807, 2.05) is 36.5 Å². The molecule has 1 heterocycles. The van der Waals surface area contributed by atoms with Gasteiger partial charge in [0, 0.05) is 7.11 Å². The lowest BCUT2D eigenvalue weighted by Gasteiger charge is -2.32. The smallest absolute Gasteiger partial charge is 0.337 e. The van der Waals surface area contributed by atoms with Crippen LogP contribution in [0.2, 0.25) is 0 Å². The van der Waals surface area contributed by atoms with E-state index >= 15 is 0 Å². The molecule has 2 atom stereocenters. The number of methoxy groups -OCH3 is 2. The minimum Gasteiger partial charge on any atom is -0.487 e. The second kappa shape index (κ2) is 8.89. The fourth-order valence-corrected chi connectivity index (χ4v) is 3.15. The molecule has 0 bridgehead atoms. The highest BCUT2D eigenvalue weighted by atomic mass is 35.5. The molecule has 0 aromatic rings. The van der Waals surface area contributed by atoms with E-state index in [9.17, 15) is 4.79 Å². The summed E-state index contributed by atoms with van der Waals surface area (Å²) in [6, 6.07) is -0.212. The largest absolute Gasteiger partial charge is 0.487 e. The van der Waals surface area contributed by atoms with Gasteiger partial charge in [-0.05, 0) is 35.5 Å². The summed E-state index contributed by atoms with van der Waals surface area (Å²) in [5.74, 6) is 0.0358. The molecule has 0 spiro atoms. The first-order valence-electron chi connectivity index (χ1n) is 8.42. The fraction of sp³-hybridized carbons (Fsp3) is 0.238. The van der Waals surface area contributed by atoms with Gasteiger partial charge in [-0.2, -0.15) is 0 Å². The molecule has 27 heavy (non-hydrogen) atoms. The molecule has 5 nitrogen and oxygen atoms in total. The Kier molecular flexibility index (Phi) is 6.32. The van der Waals surface area contributed by atoms with E-state index in [4.69, 9.17) is 25.8 Å². The zero-order valence-electron chi connectivity index (χ0n) is 15.1.